The van der Waals surface area contributed by atoms with Crippen LogP contribution in [0.25, 0.3) is 0 Å². The highest BCUT2D eigenvalue weighted by molar-refractivity contribution is 4.64. The maximum absolute atomic E-state index is 9.65. The van der Waals surface area contributed by atoms with Gasteiger partial charge in [0.1, 0.15) is 0 Å². The van der Waals surface area contributed by atoms with Gasteiger partial charge in [0.05, 0.1) is 18.3 Å². The predicted molar refractivity (Wildman–Crippen MR) is 70.3 cm³/mol. The minimum Gasteiger partial charge on any atom is -0.389 e. The standard InChI is InChI=1S/C13H29NO3/c1-13(2,3)17-11-12(15)10-14-8-6-5-7-9-16-4/h12,14-15H,5-11H2,1-4H3. The van der Waals surface area contributed by atoms with Gasteiger partial charge in [-0.25, -0.2) is 0 Å². The summed E-state index contributed by atoms with van der Waals surface area (Å²) in [6, 6.07) is 0. The number of ether oxygens (including phenoxy) is 2. The highest BCUT2D eigenvalue weighted by Gasteiger charge is 2.12. The Hall–Kier alpha value is -0.160. The first-order valence-electron chi connectivity index (χ1n) is 6.47. The van der Waals surface area contributed by atoms with Gasteiger partial charge >= 0.3 is 0 Å². The van der Waals surface area contributed by atoms with E-state index in [0.717, 1.165) is 32.4 Å². The highest BCUT2D eigenvalue weighted by Crippen LogP contribution is 2.06. The van der Waals surface area contributed by atoms with E-state index in [9.17, 15) is 5.11 Å². The normalized spacial score (nSPS) is 13.9. The van der Waals surface area contributed by atoms with Crippen molar-refractivity contribution in [3.63, 3.8) is 0 Å². The second-order valence-corrected chi connectivity index (χ2v) is 5.33. The third-order valence-electron chi connectivity index (χ3n) is 2.29. The molecule has 0 saturated heterocycles. The molecule has 0 fully saturated rings. The zero-order chi connectivity index (χ0) is 13.1. The third kappa shape index (κ3) is 13.8. The monoisotopic (exact) mass is 247 g/mol. The van der Waals surface area contributed by atoms with Crippen molar-refractivity contribution < 1.29 is 14.6 Å². The first-order valence-corrected chi connectivity index (χ1v) is 6.47. The molecule has 0 rings (SSSR count). The molecule has 0 aromatic carbocycles. The van der Waals surface area contributed by atoms with Gasteiger partial charge in [0.25, 0.3) is 0 Å². The summed E-state index contributed by atoms with van der Waals surface area (Å²) >= 11 is 0. The molecule has 4 nitrogen and oxygen atoms in total. The molecule has 4 heteroatoms. The number of rotatable bonds is 10. The Morgan fingerprint density at radius 1 is 1.18 bits per heavy atom. The first-order chi connectivity index (χ1) is 7.95. The van der Waals surface area contributed by atoms with Crippen LogP contribution in [0.5, 0.6) is 0 Å². The minimum absolute atomic E-state index is 0.179. The van der Waals surface area contributed by atoms with Crippen LogP contribution in [0, 0.1) is 0 Å². The van der Waals surface area contributed by atoms with E-state index in [2.05, 4.69) is 5.32 Å². The largest absolute Gasteiger partial charge is 0.389 e. The maximum Gasteiger partial charge on any atom is 0.0897 e. The molecule has 0 aliphatic heterocycles. The summed E-state index contributed by atoms with van der Waals surface area (Å²) in [6.07, 6.45) is 2.97. The molecule has 104 valence electrons. The Labute approximate surface area is 106 Å². The van der Waals surface area contributed by atoms with Crippen LogP contribution in [0.4, 0.5) is 0 Å². The molecule has 1 unspecified atom stereocenters. The zero-order valence-corrected chi connectivity index (χ0v) is 11.8. The lowest BCUT2D eigenvalue weighted by molar-refractivity contribution is -0.0478. The smallest absolute Gasteiger partial charge is 0.0897 e. The summed E-state index contributed by atoms with van der Waals surface area (Å²) in [5, 5.41) is 12.9. The van der Waals surface area contributed by atoms with E-state index in [1.807, 2.05) is 20.8 Å². The van der Waals surface area contributed by atoms with Crippen molar-refractivity contribution >= 4 is 0 Å². The van der Waals surface area contributed by atoms with Gasteiger partial charge in [-0.1, -0.05) is 0 Å². The van der Waals surface area contributed by atoms with Gasteiger partial charge in [-0.05, 0) is 46.6 Å². The number of unbranched alkanes of at least 4 members (excludes halogenated alkanes) is 2. The Balaban J connectivity index is 3.25. The molecule has 1 atom stereocenters. The molecule has 0 aliphatic carbocycles. The second-order valence-electron chi connectivity index (χ2n) is 5.33. The summed E-state index contributed by atoms with van der Waals surface area (Å²) in [4.78, 5) is 0. The topological polar surface area (TPSA) is 50.7 Å². The van der Waals surface area contributed by atoms with Crippen molar-refractivity contribution in [2.24, 2.45) is 0 Å². The summed E-state index contributed by atoms with van der Waals surface area (Å²) < 4.78 is 10.5. The highest BCUT2D eigenvalue weighted by atomic mass is 16.5. The Kier molecular flexibility index (Phi) is 9.74. The number of nitrogens with one attached hydrogen (secondary N) is 1. The number of hydrogen-bond acceptors (Lipinski definition) is 4. The molecular formula is C13H29NO3. The second kappa shape index (κ2) is 9.83. The van der Waals surface area contributed by atoms with Gasteiger partial charge in [-0.15, -0.1) is 0 Å². The molecule has 0 amide bonds. The molecule has 0 spiro atoms. The molecule has 0 aromatic rings. The van der Waals surface area contributed by atoms with Crippen LogP contribution in [0.3, 0.4) is 0 Å². The molecule has 0 aromatic heterocycles. The van der Waals surface area contributed by atoms with Crippen LogP contribution < -0.4 is 5.32 Å². The summed E-state index contributed by atoms with van der Waals surface area (Å²) in [5.41, 5.74) is -0.179. The van der Waals surface area contributed by atoms with Crippen molar-refractivity contribution in [1.29, 1.82) is 0 Å². The zero-order valence-electron chi connectivity index (χ0n) is 11.8. The van der Waals surface area contributed by atoms with E-state index in [1.165, 1.54) is 0 Å². The molecule has 17 heavy (non-hydrogen) atoms. The average Bonchev–Trinajstić information content (AvgIpc) is 2.24. The van der Waals surface area contributed by atoms with Crippen molar-refractivity contribution in [3.8, 4) is 0 Å². The summed E-state index contributed by atoms with van der Waals surface area (Å²) in [6.45, 7) is 8.73. The lowest BCUT2D eigenvalue weighted by Crippen LogP contribution is -2.34. The summed E-state index contributed by atoms with van der Waals surface area (Å²) in [5.74, 6) is 0. The average molecular weight is 247 g/mol. The van der Waals surface area contributed by atoms with E-state index in [-0.39, 0.29) is 5.60 Å². The van der Waals surface area contributed by atoms with Gasteiger partial charge in [0.15, 0.2) is 0 Å². The van der Waals surface area contributed by atoms with Gasteiger partial charge in [0, 0.05) is 20.3 Å². The van der Waals surface area contributed by atoms with Crippen molar-refractivity contribution in [1.82, 2.24) is 5.32 Å². The van der Waals surface area contributed by atoms with Crippen LogP contribution >= 0.6 is 0 Å². The van der Waals surface area contributed by atoms with E-state index >= 15 is 0 Å². The maximum atomic E-state index is 9.65. The van der Waals surface area contributed by atoms with Crippen LogP contribution in [0.1, 0.15) is 40.0 Å². The number of hydrogen-bond donors (Lipinski definition) is 2. The van der Waals surface area contributed by atoms with Crippen LogP contribution in [-0.4, -0.2) is 50.2 Å². The molecule has 0 radical (unpaired) electrons. The molecular weight excluding hydrogens is 218 g/mol. The fourth-order valence-electron chi connectivity index (χ4n) is 1.35. The Morgan fingerprint density at radius 3 is 2.47 bits per heavy atom. The molecule has 2 N–H and O–H groups in total. The van der Waals surface area contributed by atoms with E-state index < -0.39 is 6.10 Å². The summed E-state index contributed by atoms with van der Waals surface area (Å²) in [7, 11) is 1.73. The lowest BCUT2D eigenvalue weighted by Gasteiger charge is -2.22. The van der Waals surface area contributed by atoms with Gasteiger partial charge < -0.3 is 19.9 Å². The van der Waals surface area contributed by atoms with E-state index in [1.54, 1.807) is 7.11 Å². The van der Waals surface area contributed by atoms with Gasteiger partial charge in [-0.3, -0.25) is 0 Å². The van der Waals surface area contributed by atoms with Gasteiger partial charge in [0.2, 0.25) is 0 Å². The Bertz CT molecular complexity index is 169. The molecule has 0 saturated carbocycles. The fourth-order valence-corrected chi connectivity index (χ4v) is 1.35. The minimum atomic E-state index is -0.423. The van der Waals surface area contributed by atoms with E-state index in [0.29, 0.717) is 13.2 Å². The van der Waals surface area contributed by atoms with Crippen LogP contribution in [0.15, 0.2) is 0 Å². The third-order valence-corrected chi connectivity index (χ3v) is 2.29. The van der Waals surface area contributed by atoms with Crippen molar-refractivity contribution in [2.45, 2.75) is 51.7 Å². The van der Waals surface area contributed by atoms with Crippen molar-refractivity contribution in [3.05, 3.63) is 0 Å². The SMILES string of the molecule is COCCCCCNCC(O)COC(C)(C)C. The Morgan fingerprint density at radius 2 is 1.88 bits per heavy atom. The number of aliphatic hydroxyl groups excluding tert-OH is 1. The predicted octanol–water partition coefficient (Wildman–Crippen LogP) is 1.57. The molecule has 0 bridgehead atoms. The van der Waals surface area contributed by atoms with E-state index in [4.69, 9.17) is 9.47 Å². The van der Waals surface area contributed by atoms with Crippen LogP contribution in [0.2, 0.25) is 0 Å². The molecule has 0 heterocycles. The lowest BCUT2D eigenvalue weighted by atomic mass is 10.2. The van der Waals surface area contributed by atoms with Crippen LogP contribution in [-0.2, 0) is 9.47 Å². The van der Waals surface area contributed by atoms with Gasteiger partial charge in [-0.2, -0.15) is 0 Å². The quantitative estimate of drug-likeness (QED) is 0.575. The first kappa shape index (κ1) is 16.8. The number of aliphatic hydroxyl groups is 1. The number of methoxy groups -OCH3 is 1. The van der Waals surface area contributed by atoms with Crippen molar-refractivity contribution in [2.75, 3.05) is 33.4 Å². The molecule has 0 aliphatic rings. The fraction of sp³-hybridized carbons (Fsp3) is 1.00.